The smallest absolute Gasteiger partial charge is 0.326 e. The fourth-order valence-electron chi connectivity index (χ4n) is 1.90. The van der Waals surface area contributed by atoms with Crippen molar-refractivity contribution < 1.29 is 24.6 Å². The Bertz CT molecular complexity index is 757. The Morgan fingerprint density at radius 1 is 1.30 bits per heavy atom. The van der Waals surface area contributed by atoms with Crippen LogP contribution >= 0.6 is 0 Å². The largest absolute Gasteiger partial charge is 0.481 e. The van der Waals surface area contributed by atoms with Crippen LogP contribution in [-0.4, -0.2) is 54.0 Å². The van der Waals surface area contributed by atoms with Crippen molar-refractivity contribution in [3.05, 3.63) is 12.2 Å². The van der Waals surface area contributed by atoms with Crippen molar-refractivity contribution >= 4 is 34.8 Å². The molecule has 1 amide bonds. The minimum absolute atomic E-state index is 0.0852. The molecule has 0 unspecified atom stereocenters. The van der Waals surface area contributed by atoms with Gasteiger partial charge >= 0.3 is 11.9 Å². The summed E-state index contributed by atoms with van der Waals surface area (Å²) in [6, 6.07) is -1.30. The van der Waals surface area contributed by atoms with E-state index in [0.29, 0.717) is 11.2 Å². The first kappa shape index (κ1) is 16.1. The summed E-state index contributed by atoms with van der Waals surface area (Å²) in [5, 5.41) is 19.8. The van der Waals surface area contributed by atoms with Crippen LogP contribution in [0.1, 0.15) is 18.7 Å². The topological polar surface area (TPSA) is 184 Å². The number of carboxylic acids is 2. The summed E-state index contributed by atoms with van der Waals surface area (Å²) in [5.74, 6) is -2.91. The molecule has 0 aliphatic carbocycles. The molecule has 0 bridgehead atoms. The molecule has 0 spiro atoms. The molecule has 2 aromatic rings. The Kier molecular flexibility index (Phi) is 4.69. The van der Waals surface area contributed by atoms with Crippen LogP contribution in [0.25, 0.3) is 11.2 Å². The number of anilines is 1. The normalized spacial score (nSPS) is 12.0. The lowest BCUT2D eigenvalue weighted by molar-refractivity contribution is -0.143. The van der Waals surface area contributed by atoms with Crippen LogP contribution in [0.4, 0.5) is 5.82 Å². The summed E-state index contributed by atoms with van der Waals surface area (Å²) in [6.45, 7) is 0. The molecule has 1 atom stereocenters. The number of nitrogen functional groups attached to an aromatic ring is 1. The summed E-state index contributed by atoms with van der Waals surface area (Å²) in [7, 11) is 0. The molecule has 0 saturated carbocycles. The lowest BCUT2D eigenvalue weighted by Crippen LogP contribution is -2.42. The molecule has 0 aromatic carbocycles. The second-order valence-corrected chi connectivity index (χ2v) is 4.69. The third kappa shape index (κ3) is 4.12. The number of carbonyl (C=O) groups is 3. The maximum Gasteiger partial charge on any atom is 0.326 e. The van der Waals surface area contributed by atoms with Gasteiger partial charge in [-0.25, -0.2) is 19.7 Å². The number of imidazole rings is 1. The average molecular weight is 322 g/mol. The van der Waals surface area contributed by atoms with Crippen molar-refractivity contribution in [3.63, 3.8) is 0 Å². The van der Waals surface area contributed by atoms with Crippen LogP contribution < -0.4 is 11.1 Å². The molecule has 2 aromatic heterocycles. The van der Waals surface area contributed by atoms with Crippen LogP contribution in [0.15, 0.2) is 6.33 Å². The van der Waals surface area contributed by atoms with E-state index in [0.717, 1.165) is 0 Å². The lowest BCUT2D eigenvalue weighted by Gasteiger charge is -2.13. The maximum atomic E-state index is 11.9. The standard InChI is InChI=1S/C12H14N6O5/c13-10-9-11(15-4-14-9)18-6(17-10)3-7(19)16-5(12(22)23)1-2-8(20)21/h4-5H,1-3H2,(H,16,19)(H,20,21)(H,22,23)(H3,13,14,15,17,18)/t5-/m0/s1. The predicted octanol–water partition coefficient (Wildman–Crippen LogP) is -1.09. The van der Waals surface area contributed by atoms with Crippen LogP contribution in [-0.2, 0) is 20.8 Å². The molecule has 0 aliphatic rings. The lowest BCUT2D eigenvalue weighted by atomic mass is 10.1. The number of nitrogens with two attached hydrogens (primary N) is 1. The van der Waals surface area contributed by atoms with E-state index in [1.807, 2.05) is 0 Å². The number of aliphatic carboxylic acids is 2. The van der Waals surface area contributed by atoms with E-state index in [-0.39, 0.29) is 30.9 Å². The maximum absolute atomic E-state index is 11.9. The number of amides is 1. The first-order chi connectivity index (χ1) is 10.9. The molecule has 2 heterocycles. The van der Waals surface area contributed by atoms with Crippen molar-refractivity contribution in [1.82, 2.24) is 25.3 Å². The van der Waals surface area contributed by atoms with E-state index in [4.69, 9.17) is 15.9 Å². The van der Waals surface area contributed by atoms with Gasteiger partial charge < -0.3 is 26.2 Å². The fourth-order valence-corrected chi connectivity index (χ4v) is 1.90. The third-order valence-electron chi connectivity index (χ3n) is 2.96. The second kappa shape index (κ2) is 6.68. The number of fused-ring (bicyclic) bond motifs is 1. The molecule has 6 N–H and O–H groups in total. The molecule has 2 rings (SSSR count). The zero-order chi connectivity index (χ0) is 17.0. The molecular formula is C12H14N6O5. The van der Waals surface area contributed by atoms with E-state index in [9.17, 15) is 14.4 Å². The van der Waals surface area contributed by atoms with Gasteiger partial charge in [-0.1, -0.05) is 0 Å². The van der Waals surface area contributed by atoms with Gasteiger partial charge in [-0.15, -0.1) is 0 Å². The predicted molar refractivity (Wildman–Crippen MR) is 76.2 cm³/mol. The fraction of sp³-hybridized carbons (Fsp3) is 0.333. The Balaban J connectivity index is 2.04. The van der Waals surface area contributed by atoms with Crippen molar-refractivity contribution in [2.45, 2.75) is 25.3 Å². The zero-order valence-electron chi connectivity index (χ0n) is 11.8. The van der Waals surface area contributed by atoms with E-state index in [1.165, 1.54) is 6.33 Å². The number of rotatable bonds is 7. The molecule has 122 valence electrons. The van der Waals surface area contributed by atoms with Crippen LogP contribution in [0, 0.1) is 0 Å². The van der Waals surface area contributed by atoms with Gasteiger partial charge in [0, 0.05) is 6.42 Å². The zero-order valence-corrected chi connectivity index (χ0v) is 11.8. The summed E-state index contributed by atoms with van der Waals surface area (Å²) in [4.78, 5) is 48.0. The molecule has 23 heavy (non-hydrogen) atoms. The van der Waals surface area contributed by atoms with Gasteiger partial charge in [-0.3, -0.25) is 9.59 Å². The highest BCUT2D eigenvalue weighted by atomic mass is 16.4. The van der Waals surface area contributed by atoms with Crippen LogP contribution in [0.5, 0.6) is 0 Å². The molecular weight excluding hydrogens is 308 g/mol. The van der Waals surface area contributed by atoms with Gasteiger partial charge in [-0.2, -0.15) is 0 Å². The van der Waals surface area contributed by atoms with Gasteiger partial charge in [0.1, 0.15) is 17.4 Å². The van der Waals surface area contributed by atoms with Crippen molar-refractivity contribution in [2.24, 2.45) is 0 Å². The Hall–Kier alpha value is -3.24. The van der Waals surface area contributed by atoms with Gasteiger partial charge in [-0.05, 0) is 6.42 Å². The van der Waals surface area contributed by atoms with Crippen molar-refractivity contribution in [1.29, 1.82) is 0 Å². The first-order valence-electron chi connectivity index (χ1n) is 6.56. The number of carboxylic acid groups (broad SMARTS) is 2. The van der Waals surface area contributed by atoms with Gasteiger partial charge in [0.2, 0.25) is 5.91 Å². The number of nitrogens with zero attached hydrogens (tertiary/aromatic N) is 3. The van der Waals surface area contributed by atoms with E-state index < -0.39 is 23.9 Å². The quantitative estimate of drug-likeness (QED) is 0.422. The number of H-pyrrole nitrogens is 1. The number of nitrogens with one attached hydrogen (secondary N) is 2. The molecule has 0 fully saturated rings. The highest BCUT2D eigenvalue weighted by molar-refractivity contribution is 5.86. The molecule has 0 radical (unpaired) electrons. The molecule has 0 saturated heterocycles. The number of aromatic nitrogens is 4. The Morgan fingerprint density at radius 3 is 2.70 bits per heavy atom. The molecule has 11 heteroatoms. The number of aromatic amines is 1. The van der Waals surface area contributed by atoms with E-state index in [2.05, 4.69) is 25.3 Å². The highest BCUT2D eigenvalue weighted by Crippen LogP contribution is 2.13. The molecule has 11 nitrogen and oxygen atoms in total. The second-order valence-electron chi connectivity index (χ2n) is 4.69. The SMILES string of the molecule is Nc1nc(CC(=O)N[C@@H](CCC(=O)O)C(=O)O)nc2nc[nH]c12. The summed E-state index contributed by atoms with van der Waals surface area (Å²) >= 11 is 0. The summed E-state index contributed by atoms with van der Waals surface area (Å²) in [5.41, 5.74) is 6.43. The van der Waals surface area contributed by atoms with Crippen LogP contribution in [0.3, 0.4) is 0 Å². The number of hydrogen-bond acceptors (Lipinski definition) is 7. The first-order valence-corrected chi connectivity index (χ1v) is 6.56. The van der Waals surface area contributed by atoms with Gasteiger partial charge in [0.25, 0.3) is 0 Å². The highest BCUT2D eigenvalue weighted by Gasteiger charge is 2.21. The van der Waals surface area contributed by atoms with E-state index >= 15 is 0 Å². The summed E-state index contributed by atoms with van der Waals surface area (Å²) < 4.78 is 0. The Labute approximate surface area is 128 Å². The van der Waals surface area contributed by atoms with E-state index in [1.54, 1.807) is 0 Å². The number of hydrogen-bond donors (Lipinski definition) is 5. The minimum atomic E-state index is -1.32. The van der Waals surface area contributed by atoms with Gasteiger partial charge in [0.15, 0.2) is 11.5 Å². The third-order valence-corrected chi connectivity index (χ3v) is 2.96. The number of carbonyl (C=O) groups excluding carboxylic acids is 1. The monoisotopic (exact) mass is 322 g/mol. The Morgan fingerprint density at radius 2 is 2.04 bits per heavy atom. The average Bonchev–Trinajstić information content (AvgIpc) is 2.91. The van der Waals surface area contributed by atoms with Crippen LogP contribution in [0.2, 0.25) is 0 Å². The van der Waals surface area contributed by atoms with Gasteiger partial charge in [0.05, 0.1) is 12.7 Å². The van der Waals surface area contributed by atoms with Crippen molar-refractivity contribution in [3.8, 4) is 0 Å². The summed E-state index contributed by atoms with van der Waals surface area (Å²) in [6.07, 6.45) is 0.480. The molecule has 0 aliphatic heterocycles. The minimum Gasteiger partial charge on any atom is -0.481 e. The van der Waals surface area contributed by atoms with Crippen molar-refractivity contribution in [2.75, 3.05) is 5.73 Å².